The number of nitrogens with one attached hydrogen (secondary N) is 1. The second kappa shape index (κ2) is 9.10. The number of aromatic nitrogens is 6. The van der Waals surface area contributed by atoms with E-state index < -0.39 is 0 Å². The first kappa shape index (κ1) is 23.0. The molecular weight excluding hydrogens is 486 g/mol. The SMILES string of the molecule is Cn1cnnc1-c1ccc(-c2n[nH]c3ncc(-c4ccc5c(c4)CC[C@@H](N4C6COCC4C6)CC5)cc23)cc1. The van der Waals surface area contributed by atoms with Crippen molar-refractivity contribution in [2.45, 2.75) is 50.2 Å². The van der Waals surface area contributed by atoms with E-state index in [1.165, 1.54) is 36.0 Å². The molecule has 0 spiro atoms. The number of hydrogen-bond donors (Lipinski definition) is 1. The number of benzene rings is 2. The Kier molecular flexibility index (Phi) is 5.38. The van der Waals surface area contributed by atoms with Gasteiger partial charge >= 0.3 is 0 Å². The third-order valence-corrected chi connectivity index (χ3v) is 9.01. The van der Waals surface area contributed by atoms with Gasteiger partial charge in [-0.3, -0.25) is 10.00 Å². The second-order valence-corrected chi connectivity index (χ2v) is 11.3. The summed E-state index contributed by atoms with van der Waals surface area (Å²) >= 11 is 0. The van der Waals surface area contributed by atoms with Crippen LogP contribution in [0.25, 0.3) is 44.8 Å². The molecule has 3 aromatic heterocycles. The van der Waals surface area contributed by atoms with Gasteiger partial charge < -0.3 is 9.30 Å². The molecule has 8 heteroatoms. The number of nitrogens with zero attached hydrogens (tertiary/aromatic N) is 6. The molecule has 0 amide bonds. The van der Waals surface area contributed by atoms with E-state index in [1.807, 2.05) is 17.8 Å². The molecule has 0 radical (unpaired) electrons. The number of fused-ring (bicyclic) bond motifs is 4. The average Bonchev–Trinajstić information content (AvgIpc) is 3.54. The predicted octanol–water partition coefficient (Wildman–Crippen LogP) is 4.81. The lowest BCUT2D eigenvalue weighted by molar-refractivity contribution is -0.148. The molecule has 0 saturated carbocycles. The van der Waals surface area contributed by atoms with Gasteiger partial charge in [0.05, 0.1) is 13.2 Å². The van der Waals surface area contributed by atoms with Crippen molar-refractivity contribution in [1.29, 1.82) is 0 Å². The van der Waals surface area contributed by atoms with Crippen LogP contribution in [0.15, 0.2) is 61.1 Å². The summed E-state index contributed by atoms with van der Waals surface area (Å²) in [4.78, 5) is 7.50. The Hall–Kier alpha value is -3.88. The zero-order valence-electron chi connectivity index (χ0n) is 22.0. The topological polar surface area (TPSA) is 84.8 Å². The molecule has 2 fully saturated rings. The lowest BCUT2D eigenvalue weighted by Crippen LogP contribution is -2.66. The van der Waals surface area contributed by atoms with Crippen LogP contribution in [0.2, 0.25) is 0 Å². The highest BCUT2D eigenvalue weighted by Crippen LogP contribution is 2.38. The standard InChI is InChI=1S/C31H31N7O/c1-37-18-33-36-31(37)21-5-3-20(4-6-21)29-28-13-24(15-32-30(28)35-34-29)23-7-2-19-8-10-25(11-9-22(19)12-23)38-26-14-27(38)17-39-16-26/h2-7,12-13,15,18,25-27H,8-11,14,16-17H2,1H3,(H,32,34,35)/t25-,26?,27?/m0/s1. The van der Waals surface area contributed by atoms with Crippen LogP contribution in [0.5, 0.6) is 0 Å². The maximum Gasteiger partial charge on any atom is 0.163 e. The Bertz CT molecular complexity index is 1660. The number of rotatable bonds is 4. The molecule has 5 aromatic rings. The van der Waals surface area contributed by atoms with Gasteiger partial charge in [-0.05, 0) is 54.9 Å². The number of aryl methyl sites for hydroxylation is 3. The third kappa shape index (κ3) is 3.89. The first-order chi connectivity index (χ1) is 19.2. The van der Waals surface area contributed by atoms with E-state index in [4.69, 9.17) is 9.72 Å². The average molecular weight is 518 g/mol. The minimum absolute atomic E-state index is 0.649. The van der Waals surface area contributed by atoms with Crippen LogP contribution in [0.4, 0.5) is 0 Å². The van der Waals surface area contributed by atoms with Crippen LogP contribution in [0.3, 0.4) is 0 Å². The maximum absolute atomic E-state index is 5.74. The van der Waals surface area contributed by atoms with Crippen LogP contribution < -0.4 is 0 Å². The molecule has 2 saturated heterocycles. The molecule has 1 N–H and O–H groups in total. The summed E-state index contributed by atoms with van der Waals surface area (Å²) in [5.41, 5.74) is 9.11. The van der Waals surface area contributed by atoms with Crippen molar-refractivity contribution in [2.24, 2.45) is 7.05 Å². The van der Waals surface area contributed by atoms with Gasteiger partial charge in [-0.15, -0.1) is 10.2 Å². The number of H-pyrrole nitrogens is 1. The molecule has 39 heavy (non-hydrogen) atoms. The Morgan fingerprint density at radius 2 is 1.62 bits per heavy atom. The zero-order chi connectivity index (χ0) is 25.9. The fraction of sp³-hybridized carbons (Fsp3) is 0.355. The van der Waals surface area contributed by atoms with Gasteiger partial charge in [-0.25, -0.2) is 4.98 Å². The Labute approximate surface area is 227 Å². The van der Waals surface area contributed by atoms with E-state index >= 15 is 0 Å². The minimum Gasteiger partial charge on any atom is -0.378 e. The molecule has 2 bridgehead atoms. The first-order valence-corrected chi connectivity index (χ1v) is 14.0. The van der Waals surface area contributed by atoms with Crippen LogP contribution in [-0.2, 0) is 24.6 Å². The summed E-state index contributed by atoms with van der Waals surface area (Å²) in [6.45, 7) is 1.84. The fourth-order valence-corrected chi connectivity index (χ4v) is 6.93. The van der Waals surface area contributed by atoms with Crippen molar-refractivity contribution in [1.82, 2.24) is 34.8 Å². The van der Waals surface area contributed by atoms with Gasteiger partial charge in [0, 0.05) is 53.4 Å². The molecule has 5 heterocycles. The van der Waals surface area contributed by atoms with E-state index in [2.05, 4.69) is 73.8 Å². The van der Waals surface area contributed by atoms with Crippen LogP contribution in [0, 0.1) is 0 Å². The van der Waals surface area contributed by atoms with E-state index in [0.29, 0.717) is 18.1 Å². The molecule has 8 rings (SSSR count). The van der Waals surface area contributed by atoms with Crippen molar-refractivity contribution >= 4 is 11.0 Å². The van der Waals surface area contributed by atoms with Gasteiger partial charge in [-0.1, -0.05) is 42.5 Å². The van der Waals surface area contributed by atoms with Crippen molar-refractivity contribution in [3.05, 3.63) is 72.2 Å². The van der Waals surface area contributed by atoms with Crippen molar-refractivity contribution in [3.8, 4) is 33.8 Å². The summed E-state index contributed by atoms with van der Waals surface area (Å²) < 4.78 is 7.65. The summed E-state index contributed by atoms with van der Waals surface area (Å²) in [7, 11) is 1.95. The quantitative estimate of drug-likeness (QED) is 0.345. The molecule has 2 aromatic carbocycles. The van der Waals surface area contributed by atoms with Crippen molar-refractivity contribution in [2.75, 3.05) is 13.2 Å². The number of morpholine rings is 1. The number of hydrogen-bond acceptors (Lipinski definition) is 6. The molecule has 196 valence electrons. The Balaban J connectivity index is 1.07. The predicted molar refractivity (Wildman–Crippen MR) is 150 cm³/mol. The lowest BCUT2D eigenvalue weighted by atomic mass is 9.87. The highest BCUT2D eigenvalue weighted by molar-refractivity contribution is 5.93. The fourth-order valence-electron chi connectivity index (χ4n) is 6.93. The van der Waals surface area contributed by atoms with Crippen LogP contribution in [-0.4, -0.2) is 66.2 Å². The van der Waals surface area contributed by atoms with Gasteiger partial charge in [0.15, 0.2) is 11.5 Å². The van der Waals surface area contributed by atoms with Gasteiger partial charge in [0.1, 0.15) is 12.0 Å². The summed E-state index contributed by atoms with van der Waals surface area (Å²) in [6.07, 6.45) is 9.77. The molecule has 8 nitrogen and oxygen atoms in total. The molecular formula is C31H31N7O. The summed E-state index contributed by atoms with van der Waals surface area (Å²) in [5, 5.41) is 17.0. The first-order valence-electron chi connectivity index (χ1n) is 14.0. The number of ether oxygens (including phenoxy) is 1. The van der Waals surface area contributed by atoms with Crippen molar-refractivity contribution in [3.63, 3.8) is 0 Å². The molecule has 3 atom stereocenters. The molecule has 2 unspecified atom stereocenters. The summed E-state index contributed by atoms with van der Waals surface area (Å²) in [6, 6.07) is 19.5. The lowest BCUT2D eigenvalue weighted by Gasteiger charge is -2.56. The zero-order valence-corrected chi connectivity index (χ0v) is 22.0. The van der Waals surface area contributed by atoms with Crippen molar-refractivity contribution < 1.29 is 4.74 Å². The smallest absolute Gasteiger partial charge is 0.163 e. The van der Waals surface area contributed by atoms with E-state index in [0.717, 1.165) is 65.3 Å². The highest BCUT2D eigenvalue weighted by Gasteiger charge is 2.45. The Morgan fingerprint density at radius 3 is 2.38 bits per heavy atom. The van der Waals surface area contributed by atoms with Gasteiger partial charge in [0.25, 0.3) is 0 Å². The van der Waals surface area contributed by atoms with E-state index in [1.54, 1.807) is 6.33 Å². The maximum atomic E-state index is 5.74. The highest BCUT2D eigenvalue weighted by atomic mass is 16.5. The monoisotopic (exact) mass is 517 g/mol. The second-order valence-electron chi connectivity index (χ2n) is 11.3. The van der Waals surface area contributed by atoms with Crippen LogP contribution >= 0.6 is 0 Å². The Morgan fingerprint density at radius 1 is 0.846 bits per heavy atom. The van der Waals surface area contributed by atoms with E-state index in [9.17, 15) is 0 Å². The van der Waals surface area contributed by atoms with Crippen LogP contribution in [0.1, 0.15) is 30.4 Å². The van der Waals surface area contributed by atoms with Gasteiger partial charge in [0.2, 0.25) is 0 Å². The number of pyridine rings is 1. The normalized spacial score (nSPS) is 22.8. The molecule has 3 aliphatic rings. The third-order valence-electron chi connectivity index (χ3n) is 9.01. The number of aromatic amines is 1. The molecule has 1 aliphatic carbocycles. The largest absolute Gasteiger partial charge is 0.378 e. The van der Waals surface area contributed by atoms with Gasteiger partial charge in [-0.2, -0.15) is 5.10 Å². The summed E-state index contributed by atoms with van der Waals surface area (Å²) in [5.74, 6) is 0.841. The van der Waals surface area contributed by atoms with E-state index in [-0.39, 0.29) is 0 Å². The molecule has 2 aliphatic heterocycles. The minimum atomic E-state index is 0.649.